The number of H-pyrrole nitrogens is 1. The molecule has 0 unspecified atom stereocenters. The molecule has 6 nitrogen and oxygen atoms in total. The van der Waals surface area contributed by atoms with Gasteiger partial charge in [0.15, 0.2) is 5.16 Å². The number of nitrogens with one attached hydrogen (secondary N) is 1. The lowest BCUT2D eigenvalue weighted by Gasteiger charge is -2.35. The Bertz CT molecular complexity index is 811. The number of hydrogen-bond donors (Lipinski definition) is 1. The van der Waals surface area contributed by atoms with Gasteiger partial charge in [-0.3, -0.25) is 14.2 Å². The van der Waals surface area contributed by atoms with Crippen molar-refractivity contribution >= 4 is 28.7 Å². The van der Waals surface area contributed by atoms with Crippen molar-refractivity contribution in [3.8, 4) is 0 Å². The van der Waals surface area contributed by atoms with Crippen molar-refractivity contribution in [3.63, 3.8) is 0 Å². The van der Waals surface area contributed by atoms with E-state index in [0.29, 0.717) is 28.0 Å². The van der Waals surface area contributed by atoms with Gasteiger partial charge in [-0.15, -0.1) is 0 Å². The van der Waals surface area contributed by atoms with Crippen LogP contribution in [0.25, 0.3) is 11.0 Å². The third kappa shape index (κ3) is 3.22. The molecule has 0 bridgehead atoms. The summed E-state index contributed by atoms with van der Waals surface area (Å²) in [6, 6.07) is 2.22. The van der Waals surface area contributed by atoms with Gasteiger partial charge in [0.25, 0.3) is 5.56 Å². The van der Waals surface area contributed by atoms with Crippen molar-refractivity contribution in [2.45, 2.75) is 50.7 Å². The van der Waals surface area contributed by atoms with E-state index in [1.54, 1.807) is 7.05 Å². The number of nitrogens with zero attached hydrogens (tertiary/aromatic N) is 3. The Labute approximate surface area is 145 Å². The van der Waals surface area contributed by atoms with E-state index in [1.165, 1.54) is 22.7 Å². The fraction of sp³-hybridized carbons (Fsp3) is 0.588. The van der Waals surface area contributed by atoms with Crippen LogP contribution in [-0.2, 0) is 11.8 Å². The number of piperidine rings is 1. The molecular weight excluding hydrogens is 324 g/mol. The van der Waals surface area contributed by atoms with Gasteiger partial charge in [-0.1, -0.05) is 18.7 Å². The van der Waals surface area contributed by atoms with Gasteiger partial charge in [-0.25, -0.2) is 4.98 Å². The zero-order valence-corrected chi connectivity index (χ0v) is 15.3. The van der Waals surface area contributed by atoms with Crippen LogP contribution in [0.5, 0.6) is 0 Å². The minimum atomic E-state index is -0.104. The number of amides is 1. The molecule has 1 fully saturated rings. The molecule has 1 aliphatic heterocycles. The Morgan fingerprint density at radius 1 is 1.46 bits per heavy atom. The molecule has 1 amide bonds. The van der Waals surface area contributed by atoms with E-state index < -0.39 is 0 Å². The highest BCUT2D eigenvalue weighted by Crippen LogP contribution is 2.23. The Hall–Kier alpha value is -1.76. The molecule has 0 radical (unpaired) electrons. The van der Waals surface area contributed by atoms with E-state index in [2.05, 4.69) is 16.9 Å². The predicted octanol–water partition coefficient (Wildman–Crippen LogP) is 2.45. The van der Waals surface area contributed by atoms with Crippen LogP contribution in [-0.4, -0.2) is 43.7 Å². The van der Waals surface area contributed by atoms with Crippen LogP contribution in [0.4, 0.5) is 0 Å². The number of likely N-dealkylation sites (tertiary alicyclic amines) is 1. The molecule has 2 aromatic rings. The number of rotatable bonds is 4. The van der Waals surface area contributed by atoms with Gasteiger partial charge < -0.3 is 9.88 Å². The molecule has 130 valence electrons. The molecule has 7 heteroatoms. The van der Waals surface area contributed by atoms with Crippen molar-refractivity contribution in [2.24, 2.45) is 7.05 Å². The monoisotopic (exact) mass is 348 g/mol. The van der Waals surface area contributed by atoms with Crippen LogP contribution in [0.1, 0.15) is 38.3 Å². The highest BCUT2D eigenvalue weighted by Gasteiger charge is 2.25. The summed E-state index contributed by atoms with van der Waals surface area (Å²) >= 11 is 1.35. The highest BCUT2D eigenvalue weighted by atomic mass is 32.2. The van der Waals surface area contributed by atoms with Gasteiger partial charge in [0, 0.05) is 25.3 Å². The van der Waals surface area contributed by atoms with Crippen LogP contribution in [0.2, 0.25) is 0 Å². The number of hydrogen-bond acceptors (Lipinski definition) is 4. The second-order valence-corrected chi connectivity index (χ2v) is 7.35. The second kappa shape index (κ2) is 7.01. The van der Waals surface area contributed by atoms with Gasteiger partial charge in [-0.05, 0) is 38.7 Å². The molecule has 0 spiro atoms. The number of thioether (sulfide) groups is 1. The minimum Gasteiger partial charge on any atom is -0.353 e. The summed E-state index contributed by atoms with van der Waals surface area (Å²) in [6.07, 6.45) is 4.38. The summed E-state index contributed by atoms with van der Waals surface area (Å²) < 4.78 is 1.52. The highest BCUT2D eigenvalue weighted by molar-refractivity contribution is 7.99. The lowest BCUT2D eigenvalue weighted by atomic mass is 10.0. The molecule has 2 aromatic heterocycles. The third-order valence-electron chi connectivity index (χ3n) is 4.70. The lowest BCUT2D eigenvalue weighted by molar-refractivity contribution is -0.132. The average molecular weight is 348 g/mol. The predicted molar refractivity (Wildman–Crippen MR) is 96.4 cm³/mol. The van der Waals surface area contributed by atoms with Crippen molar-refractivity contribution < 1.29 is 4.79 Å². The molecule has 1 atom stereocenters. The first kappa shape index (κ1) is 17.1. The van der Waals surface area contributed by atoms with Crippen molar-refractivity contribution in [3.05, 3.63) is 22.1 Å². The van der Waals surface area contributed by atoms with Crippen molar-refractivity contribution in [2.75, 3.05) is 12.3 Å². The van der Waals surface area contributed by atoms with Gasteiger partial charge >= 0.3 is 0 Å². The van der Waals surface area contributed by atoms with E-state index in [0.717, 1.165) is 31.5 Å². The number of fused-ring (bicyclic) bond motifs is 1. The van der Waals surface area contributed by atoms with Crippen LogP contribution < -0.4 is 5.56 Å². The SMILES string of the molecule is CC[C@@H]1CCCCN1C(=O)CSc1nc2cc(C)[nH]c2c(=O)n1C. The molecule has 24 heavy (non-hydrogen) atoms. The Morgan fingerprint density at radius 3 is 3.00 bits per heavy atom. The van der Waals surface area contributed by atoms with Crippen molar-refractivity contribution in [1.29, 1.82) is 0 Å². The van der Waals surface area contributed by atoms with E-state index in [-0.39, 0.29) is 11.5 Å². The van der Waals surface area contributed by atoms with Gasteiger partial charge in [-0.2, -0.15) is 0 Å². The van der Waals surface area contributed by atoms with Crippen LogP contribution in [0.15, 0.2) is 16.0 Å². The summed E-state index contributed by atoms with van der Waals surface area (Å²) in [6.45, 7) is 4.88. The number of aryl methyl sites for hydroxylation is 1. The van der Waals surface area contributed by atoms with E-state index in [1.807, 2.05) is 17.9 Å². The largest absolute Gasteiger partial charge is 0.353 e. The molecule has 1 N–H and O–H groups in total. The number of carbonyl (C=O) groups excluding carboxylic acids is 1. The minimum absolute atomic E-state index is 0.104. The maximum atomic E-state index is 12.6. The molecule has 3 rings (SSSR count). The molecule has 0 aromatic carbocycles. The summed E-state index contributed by atoms with van der Waals surface area (Å²) in [5.74, 6) is 0.470. The third-order valence-corrected chi connectivity index (χ3v) is 5.71. The summed E-state index contributed by atoms with van der Waals surface area (Å²) in [4.78, 5) is 34.6. The van der Waals surface area contributed by atoms with E-state index >= 15 is 0 Å². The van der Waals surface area contributed by atoms with Gasteiger partial charge in [0.2, 0.25) is 5.91 Å². The van der Waals surface area contributed by atoms with Gasteiger partial charge in [0.1, 0.15) is 5.52 Å². The molecule has 0 aliphatic carbocycles. The number of aromatic nitrogens is 3. The first-order chi connectivity index (χ1) is 11.5. The molecule has 1 saturated heterocycles. The zero-order valence-electron chi connectivity index (χ0n) is 14.5. The van der Waals surface area contributed by atoms with E-state index in [9.17, 15) is 9.59 Å². The topological polar surface area (TPSA) is 71.0 Å². The first-order valence-corrected chi connectivity index (χ1v) is 9.48. The van der Waals surface area contributed by atoms with E-state index in [4.69, 9.17) is 0 Å². The smallest absolute Gasteiger partial charge is 0.278 e. The number of aromatic amines is 1. The second-order valence-electron chi connectivity index (χ2n) is 6.40. The average Bonchev–Trinajstić information content (AvgIpc) is 2.97. The van der Waals surface area contributed by atoms with Crippen molar-refractivity contribution in [1.82, 2.24) is 19.4 Å². The molecule has 3 heterocycles. The Balaban J connectivity index is 1.76. The Kier molecular flexibility index (Phi) is 4.99. The quantitative estimate of drug-likeness (QED) is 0.680. The summed E-state index contributed by atoms with van der Waals surface area (Å²) in [7, 11) is 1.70. The summed E-state index contributed by atoms with van der Waals surface area (Å²) in [5.41, 5.74) is 1.99. The molecule has 1 aliphatic rings. The lowest BCUT2D eigenvalue weighted by Crippen LogP contribution is -2.44. The standard InChI is InChI=1S/C17H24N4O2S/c1-4-12-7-5-6-8-21(12)14(22)10-24-17-19-13-9-11(2)18-15(13)16(23)20(17)3/h9,12,18H,4-8,10H2,1-3H3/t12-/m1/s1. The molecule has 0 saturated carbocycles. The normalized spacial score (nSPS) is 18.3. The van der Waals surface area contributed by atoms with Crippen LogP contribution in [0, 0.1) is 6.92 Å². The van der Waals surface area contributed by atoms with Gasteiger partial charge in [0.05, 0.1) is 11.3 Å². The Morgan fingerprint density at radius 2 is 2.25 bits per heavy atom. The fourth-order valence-corrected chi connectivity index (χ4v) is 4.21. The summed E-state index contributed by atoms with van der Waals surface area (Å²) in [5, 5.41) is 0.588. The first-order valence-electron chi connectivity index (χ1n) is 8.50. The zero-order chi connectivity index (χ0) is 17.3. The molecular formula is C17H24N4O2S. The van der Waals surface area contributed by atoms with Crippen LogP contribution in [0.3, 0.4) is 0 Å². The van der Waals surface area contributed by atoms with Crippen LogP contribution >= 0.6 is 11.8 Å². The fourth-order valence-electron chi connectivity index (χ4n) is 3.35. The maximum absolute atomic E-state index is 12.6. The maximum Gasteiger partial charge on any atom is 0.278 e. The number of carbonyl (C=O) groups is 1.